The second-order valence-electron chi connectivity index (χ2n) is 5.75. The molecule has 1 unspecified atom stereocenters. The lowest BCUT2D eigenvalue weighted by atomic mass is 10.00. The molecule has 0 saturated heterocycles. The molecule has 0 N–H and O–H groups in total. The molecule has 112 valence electrons. The molecule has 1 aliphatic rings. The predicted molar refractivity (Wildman–Crippen MR) is 93.6 cm³/mol. The molecule has 0 fully saturated rings. The van der Waals surface area contributed by atoms with Gasteiger partial charge in [0.2, 0.25) is 5.52 Å². The molecule has 0 bridgehead atoms. The highest BCUT2D eigenvalue weighted by Gasteiger charge is 2.41. The van der Waals surface area contributed by atoms with Gasteiger partial charge >= 0.3 is 0 Å². The molecule has 1 atom stereocenters. The van der Waals surface area contributed by atoms with Crippen molar-refractivity contribution in [3.8, 4) is 11.1 Å². The zero-order valence-electron chi connectivity index (χ0n) is 12.5. The summed E-state index contributed by atoms with van der Waals surface area (Å²) < 4.78 is 13.8. The Morgan fingerprint density at radius 1 is 0.652 bits per heavy atom. The maximum atomic E-state index is 13.8. The first kappa shape index (κ1) is 14.2. The minimum absolute atomic E-state index is 0.226. The number of fused-ring (bicyclic) bond motifs is 3. The van der Waals surface area contributed by atoms with Gasteiger partial charge in [0.15, 0.2) is 7.14 Å². The van der Waals surface area contributed by atoms with Crippen molar-refractivity contribution in [2.75, 3.05) is 0 Å². The SMILES string of the molecule is O=C1c2ccccc2-c2ccccc2P1(=O)Cc1ccccc1. The Labute approximate surface area is 135 Å². The average Bonchev–Trinajstić information content (AvgIpc) is 2.61. The summed E-state index contributed by atoms with van der Waals surface area (Å²) in [7, 11) is -3.19. The predicted octanol–water partition coefficient (Wildman–Crippen LogP) is 4.70. The summed E-state index contributed by atoms with van der Waals surface area (Å²) >= 11 is 0. The smallest absolute Gasteiger partial charge is 0.226 e. The lowest BCUT2D eigenvalue weighted by molar-refractivity contribution is 0.107. The van der Waals surface area contributed by atoms with Crippen LogP contribution in [0.15, 0.2) is 78.9 Å². The molecule has 2 nitrogen and oxygen atoms in total. The van der Waals surface area contributed by atoms with Crippen molar-refractivity contribution < 1.29 is 9.36 Å². The lowest BCUT2D eigenvalue weighted by Crippen LogP contribution is -2.22. The van der Waals surface area contributed by atoms with Gasteiger partial charge in [0.1, 0.15) is 0 Å². The molecule has 1 aliphatic heterocycles. The maximum Gasteiger partial charge on any atom is 0.226 e. The van der Waals surface area contributed by atoms with Crippen LogP contribution in [0.3, 0.4) is 0 Å². The maximum absolute atomic E-state index is 13.8. The molecular formula is C20H15O2P. The molecule has 23 heavy (non-hydrogen) atoms. The number of rotatable bonds is 2. The van der Waals surface area contributed by atoms with E-state index in [1.165, 1.54) is 0 Å². The molecule has 0 radical (unpaired) electrons. The van der Waals surface area contributed by atoms with E-state index in [0.717, 1.165) is 16.7 Å². The second kappa shape index (κ2) is 5.33. The zero-order valence-corrected chi connectivity index (χ0v) is 13.4. The van der Waals surface area contributed by atoms with Gasteiger partial charge in [-0.25, -0.2) is 0 Å². The highest BCUT2D eigenvalue weighted by atomic mass is 31.2. The summed E-state index contributed by atoms with van der Waals surface area (Å²) in [5, 5.41) is 0.688. The van der Waals surface area contributed by atoms with E-state index >= 15 is 0 Å². The largest absolute Gasteiger partial charge is 0.310 e. The Morgan fingerprint density at radius 2 is 1.22 bits per heavy atom. The van der Waals surface area contributed by atoms with Crippen LogP contribution in [0.2, 0.25) is 0 Å². The molecule has 0 aliphatic carbocycles. The third-order valence-corrected chi connectivity index (χ3v) is 7.19. The van der Waals surface area contributed by atoms with E-state index in [2.05, 4.69) is 0 Å². The summed E-state index contributed by atoms with van der Waals surface area (Å²) in [4.78, 5) is 13.0. The Hall–Kier alpha value is -2.44. The molecule has 3 aromatic rings. The third-order valence-electron chi connectivity index (χ3n) is 4.32. The minimum Gasteiger partial charge on any atom is -0.310 e. The van der Waals surface area contributed by atoms with E-state index < -0.39 is 7.14 Å². The summed E-state index contributed by atoms with van der Waals surface area (Å²) in [6.45, 7) is 0. The van der Waals surface area contributed by atoms with Crippen molar-refractivity contribution in [3.63, 3.8) is 0 Å². The molecule has 1 heterocycles. The fraction of sp³-hybridized carbons (Fsp3) is 0.0500. The first-order valence-electron chi connectivity index (χ1n) is 7.57. The van der Waals surface area contributed by atoms with Gasteiger partial charge < -0.3 is 4.57 Å². The van der Waals surface area contributed by atoms with E-state index in [9.17, 15) is 9.36 Å². The van der Waals surface area contributed by atoms with Gasteiger partial charge in [0.25, 0.3) is 0 Å². The monoisotopic (exact) mass is 318 g/mol. The zero-order chi connectivity index (χ0) is 15.9. The lowest BCUT2D eigenvalue weighted by Gasteiger charge is -2.27. The highest BCUT2D eigenvalue weighted by Crippen LogP contribution is 2.56. The number of carbonyl (C=O) groups is 1. The van der Waals surface area contributed by atoms with Gasteiger partial charge in [0, 0.05) is 17.0 Å². The van der Waals surface area contributed by atoms with Crippen LogP contribution in [0.5, 0.6) is 0 Å². The van der Waals surface area contributed by atoms with Crippen LogP contribution in [-0.2, 0) is 10.7 Å². The molecule has 0 aromatic heterocycles. The van der Waals surface area contributed by atoms with Crippen molar-refractivity contribution in [2.45, 2.75) is 6.16 Å². The van der Waals surface area contributed by atoms with Crippen molar-refractivity contribution in [3.05, 3.63) is 90.0 Å². The topological polar surface area (TPSA) is 34.1 Å². The van der Waals surface area contributed by atoms with E-state index in [1.807, 2.05) is 72.8 Å². The summed E-state index contributed by atoms with van der Waals surface area (Å²) in [6, 6.07) is 24.6. The average molecular weight is 318 g/mol. The van der Waals surface area contributed by atoms with Gasteiger partial charge in [-0.2, -0.15) is 0 Å². The van der Waals surface area contributed by atoms with Crippen LogP contribution >= 0.6 is 7.14 Å². The number of hydrogen-bond acceptors (Lipinski definition) is 2. The molecule has 3 heteroatoms. The molecule has 0 spiro atoms. The van der Waals surface area contributed by atoms with E-state index in [-0.39, 0.29) is 11.7 Å². The summed E-state index contributed by atoms with van der Waals surface area (Å²) in [6.07, 6.45) is 0.276. The van der Waals surface area contributed by atoms with Crippen molar-refractivity contribution in [1.82, 2.24) is 0 Å². The molecule has 4 rings (SSSR count). The van der Waals surface area contributed by atoms with Gasteiger partial charge in [-0.05, 0) is 16.7 Å². The fourth-order valence-corrected chi connectivity index (χ4v) is 5.98. The normalized spacial score (nSPS) is 19.0. The Balaban J connectivity index is 1.95. The van der Waals surface area contributed by atoms with Crippen LogP contribution in [-0.4, -0.2) is 5.52 Å². The van der Waals surface area contributed by atoms with Gasteiger partial charge in [-0.15, -0.1) is 0 Å². The molecule has 0 saturated carbocycles. The third kappa shape index (κ3) is 2.18. The summed E-state index contributed by atoms with van der Waals surface area (Å²) in [5.74, 6) is 0. The van der Waals surface area contributed by atoms with E-state index in [0.29, 0.717) is 10.9 Å². The van der Waals surface area contributed by atoms with Crippen molar-refractivity contribution in [2.24, 2.45) is 0 Å². The Bertz CT molecular complexity index is 945. The molecule has 0 amide bonds. The van der Waals surface area contributed by atoms with Crippen LogP contribution in [0.25, 0.3) is 11.1 Å². The second-order valence-corrected chi connectivity index (χ2v) is 8.43. The summed E-state index contributed by atoms with van der Waals surface area (Å²) in [5.41, 5.74) is 3.08. The molecule has 3 aromatic carbocycles. The van der Waals surface area contributed by atoms with E-state index in [1.54, 1.807) is 6.07 Å². The van der Waals surface area contributed by atoms with Gasteiger partial charge in [0.05, 0.1) is 0 Å². The highest BCUT2D eigenvalue weighted by molar-refractivity contribution is 7.87. The van der Waals surface area contributed by atoms with Crippen LogP contribution in [0.1, 0.15) is 15.9 Å². The number of hydrogen-bond donors (Lipinski definition) is 0. The first-order valence-corrected chi connectivity index (χ1v) is 9.46. The Kier molecular flexibility index (Phi) is 3.28. The Morgan fingerprint density at radius 3 is 1.96 bits per heavy atom. The number of benzene rings is 3. The van der Waals surface area contributed by atoms with Crippen molar-refractivity contribution in [1.29, 1.82) is 0 Å². The van der Waals surface area contributed by atoms with Crippen LogP contribution in [0.4, 0.5) is 0 Å². The van der Waals surface area contributed by atoms with Crippen LogP contribution in [0, 0.1) is 0 Å². The minimum atomic E-state index is -3.19. The van der Waals surface area contributed by atoms with Crippen LogP contribution < -0.4 is 5.30 Å². The molecular weight excluding hydrogens is 303 g/mol. The fourth-order valence-electron chi connectivity index (χ4n) is 3.22. The standard InChI is InChI=1S/C20H15O2P/c21-20-18-12-5-4-10-16(18)17-11-6-7-13-19(17)23(20,22)14-15-8-2-1-3-9-15/h1-13H,14H2. The van der Waals surface area contributed by atoms with Gasteiger partial charge in [-0.1, -0.05) is 78.9 Å². The first-order chi connectivity index (χ1) is 11.2. The number of carbonyl (C=O) groups excluding carboxylic acids is 1. The quantitative estimate of drug-likeness (QED) is 0.642. The van der Waals surface area contributed by atoms with E-state index in [4.69, 9.17) is 0 Å². The van der Waals surface area contributed by atoms with Crippen molar-refractivity contribution >= 4 is 18.0 Å². The van der Waals surface area contributed by atoms with Gasteiger partial charge in [-0.3, -0.25) is 4.79 Å².